The molecule has 2 nitrogen and oxygen atoms in total. The van der Waals surface area contributed by atoms with Gasteiger partial charge in [-0.2, -0.15) is 0 Å². The van der Waals surface area contributed by atoms with Gasteiger partial charge in [0.25, 0.3) is 0 Å². The van der Waals surface area contributed by atoms with Crippen molar-refractivity contribution >= 4 is 0 Å². The fraction of sp³-hybridized carbons (Fsp3) is 0.500. The van der Waals surface area contributed by atoms with Crippen LogP contribution in [0.5, 0.6) is 0 Å². The van der Waals surface area contributed by atoms with Crippen LogP contribution >= 0.6 is 0 Å². The lowest BCUT2D eigenvalue weighted by Crippen LogP contribution is -2.40. The summed E-state index contributed by atoms with van der Waals surface area (Å²) in [5, 5.41) is 0. The number of alkyl halides is 3. The van der Waals surface area contributed by atoms with Crippen LogP contribution in [0.15, 0.2) is 30.3 Å². The maximum Gasteiger partial charge on any atom is 0.522 e. The number of hydrogen-bond donors (Lipinski definition) is 0. The topological polar surface area (TPSA) is 18.5 Å². The Morgan fingerprint density at radius 2 is 1.71 bits per heavy atom. The van der Waals surface area contributed by atoms with E-state index >= 15 is 0 Å². The predicted molar refractivity (Wildman–Crippen MR) is 55.2 cm³/mol. The molecule has 17 heavy (non-hydrogen) atoms. The molecule has 1 fully saturated rings. The zero-order valence-corrected chi connectivity index (χ0v) is 9.11. The second-order valence-corrected chi connectivity index (χ2v) is 4.08. The third kappa shape index (κ3) is 4.02. The molecule has 0 amide bonds. The normalized spacial score (nSPS) is 24.4. The number of ether oxygens (including phenoxy) is 2. The molecular formula is C12H13F3O2. The molecule has 1 aliphatic rings. The smallest absolute Gasteiger partial charge is 0.373 e. The molecule has 0 aliphatic heterocycles. The van der Waals surface area contributed by atoms with E-state index in [1.807, 2.05) is 30.3 Å². The summed E-state index contributed by atoms with van der Waals surface area (Å²) < 4.78 is 44.9. The van der Waals surface area contributed by atoms with Crippen molar-refractivity contribution in [2.24, 2.45) is 0 Å². The molecule has 94 valence electrons. The van der Waals surface area contributed by atoms with E-state index < -0.39 is 12.5 Å². The molecule has 0 aromatic heterocycles. The molecule has 0 atom stereocenters. The van der Waals surface area contributed by atoms with Crippen molar-refractivity contribution in [3.05, 3.63) is 35.9 Å². The minimum Gasteiger partial charge on any atom is -0.373 e. The van der Waals surface area contributed by atoms with Crippen molar-refractivity contribution in [2.45, 2.75) is 38.0 Å². The lowest BCUT2D eigenvalue weighted by Gasteiger charge is -2.35. The second kappa shape index (κ2) is 5.06. The fourth-order valence-electron chi connectivity index (χ4n) is 1.73. The summed E-state index contributed by atoms with van der Waals surface area (Å²) in [6.07, 6.45) is -4.77. The van der Waals surface area contributed by atoms with Crippen LogP contribution in [0.4, 0.5) is 13.2 Å². The first-order chi connectivity index (χ1) is 8.03. The Labute approximate surface area is 97.3 Å². The van der Waals surface area contributed by atoms with Gasteiger partial charge < -0.3 is 4.74 Å². The van der Waals surface area contributed by atoms with Gasteiger partial charge in [0.05, 0.1) is 18.8 Å². The first-order valence-corrected chi connectivity index (χ1v) is 5.43. The quantitative estimate of drug-likeness (QED) is 0.811. The number of halogens is 3. The van der Waals surface area contributed by atoms with Crippen LogP contribution in [0.1, 0.15) is 18.4 Å². The Kier molecular flexibility index (Phi) is 3.69. The summed E-state index contributed by atoms with van der Waals surface area (Å²) in [7, 11) is 0. The van der Waals surface area contributed by atoms with E-state index in [9.17, 15) is 13.2 Å². The van der Waals surface area contributed by atoms with Gasteiger partial charge in [0.15, 0.2) is 0 Å². The van der Waals surface area contributed by atoms with Crippen LogP contribution < -0.4 is 0 Å². The van der Waals surface area contributed by atoms with Crippen LogP contribution in [0.2, 0.25) is 0 Å². The molecule has 0 heterocycles. The van der Waals surface area contributed by atoms with Crippen molar-refractivity contribution in [2.75, 3.05) is 0 Å². The Hall–Kier alpha value is -1.07. The zero-order chi connectivity index (χ0) is 12.3. The number of benzene rings is 1. The van der Waals surface area contributed by atoms with E-state index in [0.717, 1.165) is 5.56 Å². The molecular weight excluding hydrogens is 233 g/mol. The van der Waals surface area contributed by atoms with Crippen molar-refractivity contribution in [3.8, 4) is 0 Å². The van der Waals surface area contributed by atoms with Crippen molar-refractivity contribution < 1.29 is 22.6 Å². The minimum atomic E-state index is -4.53. The maximum absolute atomic E-state index is 11.8. The summed E-state index contributed by atoms with van der Waals surface area (Å²) in [5.41, 5.74) is 1.02. The van der Waals surface area contributed by atoms with Gasteiger partial charge in [0.1, 0.15) is 0 Å². The van der Waals surface area contributed by atoms with Gasteiger partial charge >= 0.3 is 6.36 Å². The molecule has 1 aromatic rings. The number of hydrogen-bond acceptors (Lipinski definition) is 2. The molecule has 0 radical (unpaired) electrons. The van der Waals surface area contributed by atoms with Gasteiger partial charge in [0, 0.05) is 12.8 Å². The SMILES string of the molecule is FC(F)(F)OC1CC(OCc2ccccc2)C1. The van der Waals surface area contributed by atoms with E-state index in [2.05, 4.69) is 4.74 Å². The highest BCUT2D eigenvalue weighted by molar-refractivity contribution is 5.13. The second-order valence-electron chi connectivity index (χ2n) is 4.08. The van der Waals surface area contributed by atoms with E-state index in [4.69, 9.17) is 4.74 Å². The Bertz CT molecular complexity index is 345. The Balaban J connectivity index is 1.65. The van der Waals surface area contributed by atoms with Crippen molar-refractivity contribution in [1.82, 2.24) is 0 Å². The van der Waals surface area contributed by atoms with Crippen LogP contribution in [0, 0.1) is 0 Å². The van der Waals surface area contributed by atoms with Gasteiger partial charge in [-0.1, -0.05) is 30.3 Å². The molecule has 1 saturated carbocycles. The molecule has 0 saturated heterocycles. The van der Waals surface area contributed by atoms with E-state index in [1.165, 1.54) is 0 Å². The lowest BCUT2D eigenvalue weighted by atomic mass is 9.92. The van der Waals surface area contributed by atoms with Crippen LogP contribution in [-0.4, -0.2) is 18.6 Å². The Morgan fingerprint density at radius 1 is 1.06 bits per heavy atom. The third-order valence-electron chi connectivity index (χ3n) is 2.68. The predicted octanol–water partition coefficient (Wildman–Crippen LogP) is 3.27. The van der Waals surface area contributed by atoms with Crippen molar-refractivity contribution in [1.29, 1.82) is 0 Å². The van der Waals surface area contributed by atoms with Gasteiger partial charge in [-0.15, -0.1) is 13.2 Å². The van der Waals surface area contributed by atoms with E-state index in [-0.39, 0.29) is 6.10 Å². The Morgan fingerprint density at radius 3 is 2.29 bits per heavy atom. The molecule has 0 N–H and O–H groups in total. The maximum atomic E-state index is 11.8. The largest absolute Gasteiger partial charge is 0.522 e. The van der Waals surface area contributed by atoms with Gasteiger partial charge in [0.2, 0.25) is 0 Å². The molecule has 5 heteroatoms. The summed E-state index contributed by atoms with van der Waals surface area (Å²) in [6, 6.07) is 9.54. The highest BCUT2D eigenvalue weighted by atomic mass is 19.4. The monoisotopic (exact) mass is 246 g/mol. The van der Waals surface area contributed by atoms with E-state index in [0.29, 0.717) is 19.4 Å². The highest BCUT2D eigenvalue weighted by Gasteiger charge is 2.40. The van der Waals surface area contributed by atoms with Crippen LogP contribution in [0.3, 0.4) is 0 Å². The zero-order valence-electron chi connectivity index (χ0n) is 9.11. The van der Waals surface area contributed by atoms with E-state index in [1.54, 1.807) is 0 Å². The summed E-state index contributed by atoms with van der Waals surface area (Å²) >= 11 is 0. The standard InChI is InChI=1S/C12H13F3O2/c13-12(14,15)17-11-6-10(7-11)16-8-9-4-2-1-3-5-9/h1-5,10-11H,6-8H2. The molecule has 0 bridgehead atoms. The highest BCUT2D eigenvalue weighted by Crippen LogP contribution is 2.32. The lowest BCUT2D eigenvalue weighted by molar-refractivity contribution is -0.357. The van der Waals surface area contributed by atoms with Crippen molar-refractivity contribution in [3.63, 3.8) is 0 Å². The molecule has 0 spiro atoms. The van der Waals surface area contributed by atoms with Gasteiger partial charge in [-0.3, -0.25) is 4.74 Å². The summed E-state index contributed by atoms with van der Waals surface area (Å²) in [4.78, 5) is 0. The minimum absolute atomic E-state index is 0.123. The first kappa shape index (κ1) is 12.4. The molecule has 1 aromatic carbocycles. The summed E-state index contributed by atoms with van der Waals surface area (Å²) in [5.74, 6) is 0. The number of rotatable bonds is 4. The average molecular weight is 246 g/mol. The van der Waals surface area contributed by atoms with Gasteiger partial charge in [-0.05, 0) is 5.56 Å². The molecule has 1 aliphatic carbocycles. The summed E-state index contributed by atoms with van der Waals surface area (Å²) in [6.45, 7) is 0.435. The molecule has 2 rings (SSSR count). The van der Waals surface area contributed by atoms with Gasteiger partial charge in [-0.25, -0.2) is 0 Å². The van der Waals surface area contributed by atoms with Crippen LogP contribution in [0.25, 0.3) is 0 Å². The third-order valence-corrected chi connectivity index (χ3v) is 2.68. The molecule has 0 unspecified atom stereocenters. The fourth-order valence-corrected chi connectivity index (χ4v) is 1.73. The first-order valence-electron chi connectivity index (χ1n) is 5.43. The van der Waals surface area contributed by atoms with Crippen LogP contribution in [-0.2, 0) is 16.1 Å². The average Bonchev–Trinajstić information content (AvgIpc) is 2.21.